The summed E-state index contributed by atoms with van der Waals surface area (Å²) in [6.07, 6.45) is 6.84. The summed E-state index contributed by atoms with van der Waals surface area (Å²) in [6.45, 7) is 1.27. The van der Waals surface area contributed by atoms with Gasteiger partial charge in [-0.05, 0) is 37.5 Å². The van der Waals surface area contributed by atoms with Crippen molar-refractivity contribution in [1.82, 2.24) is 28.9 Å². The number of benzene rings is 1. The Hall–Kier alpha value is -2.94. The van der Waals surface area contributed by atoms with Gasteiger partial charge in [-0.15, -0.1) is 0 Å². The molecule has 8 nitrogen and oxygen atoms in total. The molecule has 0 aliphatic carbocycles. The zero-order valence-electron chi connectivity index (χ0n) is 14.5. The van der Waals surface area contributed by atoms with Crippen molar-refractivity contribution < 1.29 is 9.59 Å². The van der Waals surface area contributed by atoms with Gasteiger partial charge < -0.3 is 10.2 Å². The van der Waals surface area contributed by atoms with Crippen LogP contribution < -0.4 is 5.32 Å². The second kappa shape index (κ2) is 7.75. The summed E-state index contributed by atoms with van der Waals surface area (Å²) in [5.41, 5.74) is 2.48. The highest BCUT2D eigenvalue weighted by Crippen LogP contribution is 2.18. The van der Waals surface area contributed by atoms with Crippen LogP contribution in [-0.4, -0.2) is 54.6 Å². The molecule has 1 fully saturated rings. The highest BCUT2D eigenvalue weighted by Gasteiger charge is 2.23. The molecule has 0 saturated carbocycles. The maximum atomic E-state index is 12.8. The maximum Gasteiger partial charge on any atom is 0.271 e. The van der Waals surface area contributed by atoms with Crippen LogP contribution in [0.25, 0.3) is 11.0 Å². The van der Waals surface area contributed by atoms with Crippen molar-refractivity contribution in [2.75, 3.05) is 13.1 Å². The molecule has 3 heterocycles. The number of hydrogen-bond acceptors (Lipinski definition) is 7. The van der Waals surface area contributed by atoms with Gasteiger partial charge in [-0.25, -0.2) is 4.98 Å². The molecular weight excluding hydrogens is 364 g/mol. The Balaban J connectivity index is 1.39. The third kappa shape index (κ3) is 3.92. The molecule has 2 aromatic heterocycles. The van der Waals surface area contributed by atoms with Crippen LogP contribution in [0.4, 0.5) is 0 Å². The van der Waals surface area contributed by atoms with E-state index >= 15 is 0 Å². The summed E-state index contributed by atoms with van der Waals surface area (Å²) >= 11 is 1.14. The number of amides is 2. The van der Waals surface area contributed by atoms with E-state index in [4.69, 9.17) is 0 Å². The molecule has 2 amide bonds. The summed E-state index contributed by atoms with van der Waals surface area (Å²) in [5.74, 6) is -0.236. The highest BCUT2D eigenvalue weighted by molar-refractivity contribution is 7.00. The van der Waals surface area contributed by atoms with Gasteiger partial charge in [0, 0.05) is 37.1 Å². The van der Waals surface area contributed by atoms with Crippen molar-refractivity contribution in [3.63, 3.8) is 0 Å². The smallest absolute Gasteiger partial charge is 0.271 e. The average molecular weight is 382 g/mol. The molecular formula is C18H18N6O2S. The Bertz CT molecular complexity index is 961. The summed E-state index contributed by atoms with van der Waals surface area (Å²) in [7, 11) is 0. The number of nitrogens with one attached hydrogen (secondary N) is 1. The molecule has 9 heteroatoms. The number of hydrogen-bond donors (Lipinski definition) is 1. The second-order valence-electron chi connectivity index (χ2n) is 6.45. The standard InChI is InChI=1S/C18H18N6O2S/c25-17(16-11-19-6-7-20-16)21-13-2-1-8-24(9-5-13)18(26)12-3-4-14-15(10-12)23-27-22-14/h3-4,6-7,10-11,13H,1-2,5,8-9H2,(H,21,25)/t13-/m0/s1. The molecule has 1 aliphatic rings. The fraction of sp³-hybridized carbons (Fsp3) is 0.333. The Labute approximate surface area is 160 Å². The molecule has 27 heavy (non-hydrogen) atoms. The van der Waals surface area contributed by atoms with Crippen molar-refractivity contribution in [3.8, 4) is 0 Å². The van der Waals surface area contributed by atoms with E-state index in [1.165, 1.54) is 18.6 Å². The Kier molecular flexibility index (Phi) is 5.01. The minimum atomic E-state index is -0.227. The maximum absolute atomic E-state index is 12.8. The lowest BCUT2D eigenvalue weighted by Gasteiger charge is -2.21. The SMILES string of the molecule is O=C(N[C@H]1CCCN(C(=O)c2ccc3nsnc3c2)CC1)c1cnccn1. The van der Waals surface area contributed by atoms with Crippen molar-refractivity contribution >= 4 is 34.6 Å². The number of likely N-dealkylation sites (tertiary alicyclic amines) is 1. The van der Waals surface area contributed by atoms with Gasteiger partial charge in [0.05, 0.1) is 17.9 Å². The van der Waals surface area contributed by atoms with Gasteiger partial charge in [0.15, 0.2) is 0 Å². The van der Waals surface area contributed by atoms with E-state index in [9.17, 15) is 9.59 Å². The van der Waals surface area contributed by atoms with E-state index in [0.29, 0.717) is 30.8 Å². The second-order valence-corrected chi connectivity index (χ2v) is 6.98. The van der Waals surface area contributed by atoms with E-state index in [2.05, 4.69) is 24.0 Å². The average Bonchev–Trinajstić information content (AvgIpc) is 3.06. The third-order valence-corrected chi connectivity index (χ3v) is 5.20. The number of nitrogens with zero attached hydrogens (tertiary/aromatic N) is 5. The first-order valence-corrected chi connectivity index (χ1v) is 9.52. The number of aromatic nitrogens is 4. The summed E-state index contributed by atoms with van der Waals surface area (Å²) in [6, 6.07) is 5.43. The van der Waals surface area contributed by atoms with Crippen molar-refractivity contribution in [1.29, 1.82) is 0 Å². The van der Waals surface area contributed by atoms with Crippen LogP contribution in [0, 0.1) is 0 Å². The minimum absolute atomic E-state index is 0.00852. The number of carbonyl (C=O) groups is 2. The lowest BCUT2D eigenvalue weighted by atomic mass is 10.1. The summed E-state index contributed by atoms with van der Waals surface area (Å²) in [4.78, 5) is 34.9. The summed E-state index contributed by atoms with van der Waals surface area (Å²) < 4.78 is 8.37. The molecule has 138 valence electrons. The van der Waals surface area contributed by atoms with Crippen molar-refractivity contribution in [2.45, 2.75) is 25.3 Å². The van der Waals surface area contributed by atoms with Crippen LogP contribution in [0.15, 0.2) is 36.8 Å². The van der Waals surface area contributed by atoms with Gasteiger partial charge in [0.1, 0.15) is 16.7 Å². The highest BCUT2D eigenvalue weighted by atomic mass is 32.1. The van der Waals surface area contributed by atoms with Crippen molar-refractivity contribution in [3.05, 3.63) is 48.0 Å². The van der Waals surface area contributed by atoms with E-state index in [-0.39, 0.29) is 17.9 Å². The van der Waals surface area contributed by atoms with Crippen LogP contribution in [0.1, 0.15) is 40.1 Å². The fourth-order valence-corrected chi connectivity index (χ4v) is 3.73. The molecule has 1 atom stereocenters. The monoisotopic (exact) mass is 382 g/mol. The van der Waals surface area contributed by atoms with Gasteiger partial charge in [-0.1, -0.05) is 0 Å². The molecule has 1 aliphatic heterocycles. The van der Waals surface area contributed by atoms with Gasteiger partial charge in [0.25, 0.3) is 11.8 Å². The van der Waals surface area contributed by atoms with Crippen LogP contribution in [0.3, 0.4) is 0 Å². The molecule has 1 aromatic carbocycles. The van der Waals surface area contributed by atoms with Gasteiger partial charge >= 0.3 is 0 Å². The quantitative estimate of drug-likeness (QED) is 0.742. The number of carbonyl (C=O) groups excluding carboxylic acids is 2. The molecule has 1 saturated heterocycles. The molecule has 3 aromatic rings. The lowest BCUT2D eigenvalue weighted by Crippen LogP contribution is -2.37. The predicted octanol–water partition coefficient (Wildman–Crippen LogP) is 1.91. The zero-order chi connectivity index (χ0) is 18.6. The van der Waals surface area contributed by atoms with Crippen LogP contribution >= 0.6 is 11.7 Å². The summed E-state index contributed by atoms with van der Waals surface area (Å²) in [5, 5.41) is 3.00. The van der Waals surface area contributed by atoms with E-state index in [1.54, 1.807) is 12.1 Å². The molecule has 0 unspecified atom stereocenters. The number of rotatable bonds is 3. The molecule has 0 radical (unpaired) electrons. The molecule has 1 N–H and O–H groups in total. The third-order valence-electron chi connectivity index (χ3n) is 4.65. The van der Waals surface area contributed by atoms with E-state index in [0.717, 1.165) is 35.6 Å². The molecule has 4 rings (SSSR count). The first-order valence-electron chi connectivity index (χ1n) is 8.79. The Morgan fingerprint density at radius 3 is 2.85 bits per heavy atom. The predicted molar refractivity (Wildman–Crippen MR) is 100 cm³/mol. The van der Waals surface area contributed by atoms with E-state index in [1.807, 2.05) is 11.0 Å². The lowest BCUT2D eigenvalue weighted by molar-refractivity contribution is 0.0761. The zero-order valence-corrected chi connectivity index (χ0v) is 15.4. The Morgan fingerprint density at radius 2 is 2.00 bits per heavy atom. The topological polar surface area (TPSA) is 101 Å². The van der Waals surface area contributed by atoms with Gasteiger partial charge in [-0.3, -0.25) is 14.6 Å². The Morgan fingerprint density at radius 1 is 1.11 bits per heavy atom. The van der Waals surface area contributed by atoms with Gasteiger partial charge in [-0.2, -0.15) is 8.75 Å². The molecule has 0 spiro atoms. The van der Waals surface area contributed by atoms with Crippen LogP contribution in [0.2, 0.25) is 0 Å². The van der Waals surface area contributed by atoms with Gasteiger partial charge in [0.2, 0.25) is 0 Å². The van der Waals surface area contributed by atoms with Crippen LogP contribution in [0.5, 0.6) is 0 Å². The normalized spacial score (nSPS) is 17.5. The minimum Gasteiger partial charge on any atom is -0.348 e. The van der Waals surface area contributed by atoms with Crippen molar-refractivity contribution in [2.24, 2.45) is 0 Å². The van der Waals surface area contributed by atoms with E-state index < -0.39 is 0 Å². The first kappa shape index (κ1) is 17.5. The fourth-order valence-electron chi connectivity index (χ4n) is 3.22. The first-order chi connectivity index (χ1) is 13.2. The van der Waals surface area contributed by atoms with Crippen LogP contribution in [-0.2, 0) is 0 Å². The number of fused-ring (bicyclic) bond motifs is 1. The largest absolute Gasteiger partial charge is 0.348 e. The molecule has 0 bridgehead atoms.